The molecule has 0 unspecified atom stereocenters. The molecule has 0 N–H and O–H groups in total. The highest BCUT2D eigenvalue weighted by Gasteiger charge is 1.97. The van der Waals surface area contributed by atoms with Crippen LogP contribution in [0.1, 0.15) is 13.3 Å². The number of hydrogen-bond donors (Lipinski definition) is 0. The first-order valence-corrected chi connectivity index (χ1v) is 4.61. The van der Waals surface area contributed by atoms with Crippen LogP contribution < -0.4 is 4.57 Å². The van der Waals surface area contributed by atoms with Crippen molar-refractivity contribution in [1.82, 2.24) is 0 Å². The number of hydrogen-bond acceptors (Lipinski definition) is 2. The molecule has 0 aliphatic carbocycles. The molecule has 1 rings (SSSR count). The number of ether oxygens (including phenoxy) is 1. The highest BCUT2D eigenvalue weighted by atomic mass is 16.5. The molecule has 0 fully saturated rings. The van der Waals surface area contributed by atoms with Crippen LogP contribution in [-0.2, 0) is 9.53 Å². The van der Waals surface area contributed by atoms with Crippen molar-refractivity contribution in [2.24, 2.45) is 0 Å². The second-order valence-corrected chi connectivity index (χ2v) is 2.72. The number of nitrogens with zero attached hydrogens (tertiary/aromatic N) is 1. The Balaban J connectivity index is 2.38. The van der Waals surface area contributed by atoms with Gasteiger partial charge in [0.1, 0.15) is 0 Å². The smallest absolute Gasteiger partial charge is 0.309 e. The van der Waals surface area contributed by atoms with E-state index in [9.17, 15) is 4.79 Å². The third-order valence-electron chi connectivity index (χ3n) is 1.61. The summed E-state index contributed by atoms with van der Waals surface area (Å²) < 4.78 is 6.65. The minimum Gasteiger partial charge on any atom is -0.466 e. The summed E-state index contributed by atoms with van der Waals surface area (Å²) in [4.78, 5) is 11.0. The van der Waals surface area contributed by atoms with Crippen LogP contribution in [0.4, 0.5) is 0 Å². The van der Waals surface area contributed by atoms with Gasteiger partial charge < -0.3 is 4.74 Å². The molecule has 1 heterocycles. The maximum Gasteiger partial charge on any atom is 0.309 e. The Morgan fingerprint density at radius 3 is 2.71 bits per heavy atom. The Labute approximate surface area is 83.6 Å². The van der Waals surface area contributed by atoms with E-state index < -0.39 is 0 Å². The van der Waals surface area contributed by atoms with E-state index in [1.807, 2.05) is 41.4 Å². The van der Waals surface area contributed by atoms with Crippen molar-refractivity contribution in [3.05, 3.63) is 36.7 Å². The van der Waals surface area contributed by atoms with Gasteiger partial charge in [0.05, 0.1) is 13.0 Å². The zero-order chi connectivity index (χ0) is 10.2. The largest absolute Gasteiger partial charge is 0.466 e. The van der Waals surface area contributed by atoms with Crippen molar-refractivity contribution in [3.8, 4) is 0 Å². The summed E-state index contributed by atoms with van der Waals surface area (Å²) in [5, 5.41) is 0. The van der Waals surface area contributed by atoms with Gasteiger partial charge in [-0.2, -0.15) is 4.57 Å². The summed E-state index contributed by atoms with van der Waals surface area (Å²) in [5.41, 5.74) is 0. The molecular weight excluding hydrogens is 178 g/mol. The molecule has 0 bridgehead atoms. The lowest BCUT2D eigenvalue weighted by Crippen LogP contribution is -2.23. The first-order chi connectivity index (χ1) is 6.83. The number of rotatable bonds is 4. The second-order valence-electron chi connectivity index (χ2n) is 2.72. The van der Waals surface area contributed by atoms with Gasteiger partial charge in [-0.3, -0.25) is 4.79 Å². The van der Waals surface area contributed by atoms with Gasteiger partial charge in [0.15, 0.2) is 18.6 Å². The molecule has 0 amide bonds. The van der Waals surface area contributed by atoms with Gasteiger partial charge in [-0.15, -0.1) is 0 Å². The Bertz CT molecular complexity index is 306. The maximum atomic E-state index is 11.0. The summed E-state index contributed by atoms with van der Waals surface area (Å²) in [5.74, 6) is -0.194. The number of carbonyl (C=O) groups excluding carboxylic acids is 1. The van der Waals surface area contributed by atoms with E-state index in [4.69, 9.17) is 4.74 Å². The molecule has 0 aromatic carbocycles. The number of aromatic nitrogens is 1. The van der Waals surface area contributed by atoms with Gasteiger partial charge in [-0.05, 0) is 13.0 Å². The second kappa shape index (κ2) is 5.91. The Hall–Kier alpha value is -1.64. The molecule has 0 spiro atoms. The molecule has 0 saturated heterocycles. The molecule has 0 aliphatic rings. The predicted octanol–water partition coefficient (Wildman–Crippen LogP) is 1.40. The molecule has 74 valence electrons. The molecule has 3 nitrogen and oxygen atoms in total. The fraction of sp³-hybridized carbons (Fsp3) is 0.273. The molecule has 3 heteroatoms. The zero-order valence-corrected chi connectivity index (χ0v) is 8.22. The fourth-order valence-corrected chi connectivity index (χ4v) is 1.00. The van der Waals surface area contributed by atoms with Gasteiger partial charge >= 0.3 is 5.97 Å². The van der Waals surface area contributed by atoms with Crippen LogP contribution >= 0.6 is 0 Å². The van der Waals surface area contributed by atoms with Crippen molar-refractivity contribution < 1.29 is 14.1 Å². The molecule has 0 radical (unpaired) electrons. The van der Waals surface area contributed by atoms with Crippen LogP contribution in [0.2, 0.25) is 0 Å². The SMILES string of the molecule is CCOC(=O)C/C=C/[n+]1ccccc1. The highest BCUT2D eigenvalue weighted by Crippen LogP contribution is 1.88. The number of pyridine rings is 1. The van der Waals surface area contributed by atoms with Crippen molar-refractivity contribution in [3.63, 3.8) is 0 Å². The van der Waals surface area contributed by atoms with Crippen LogP contribution in [0.15, 0.2) is 36.7 Å². The highest BCUT2D eigenvalue weighted by molar-refractivity contribution is 5.71. The standard InChI is InChI=1S/C11H14NO2/c1-2-14-11(13)7-6-10-12-8-4-3-5-9-12/h3-6,8-10H,2,7H2,1H3/q+1/b10-6+. The van der Waals surface area contributed by atoms with Crippen molar-refractivity contribution in [2.45, 2.75) is 13.3 Å². The molecule has 0 atom stereocenters. The van der Waals surface area contributed by atoms with Crippen LogP contribution in [0.5, 0.6) is 0 Å². The van der Waals surface area contributed by atoms with Gasteiger partial charge in [0.2, 0.25) is 0 Å². The van der Waals surface area contributed by atoms with Crippen LogP contribution in [-0.4, -0.2) is 12.6 Å². The van der Waals surface area contributed by atoms with Crippen LogP contribution in [0.3, 0.4) is 0 Å². The summed E-state index contributed by atoms with van der Waals surface area (Å²) in [6.07, 6.45) is 7.73. The first-order valence-electron chi connectivity index (χ1n) is 4.61. The minimum absolute atomic E-state index is 0.194. The summed E-state index contributed by atoms with van der Waals surface area (Å²) in [6.45, 7) is 2.23. The van der Waals surface area contributed by atoms with E-state index >= 15 is 0 Å². The van der Waals surface area contributed by atoms with Crippen molar-refractivity contribution >= 4 is 12.2 Å². The third-order valence-corrected chi connectivity index (χ3v) is 1.61. The van der Waals surface area contributed by atoms with Gasteiger partial charge in [0, 0.05) is 12.1 Å². The summed E-state index contributed by atoms with van der Waals surface area (Å²) in [7, 11) is 0. The Kier molecular flexibility index (Phi) is 4.41. The maximum absolute atomic E-state index is 11.0. The molecule has 14 heavy (non-hydrogen) atoms. The lowest BCUT2D eigenvalue weighted by Gasteiger charge is -1.95. The molecule has 0 aliphatic heterocycles. The van der Waals surface area contributed by atoms with E-state index in [1.165, 1.54) is 0 Å². The third kappa shape index (κ3) is 3.85. The normalized spacial score (nSPS) is 10.4. The van der Waals surface area contributed by atoms with Crippen molar-refractivity contribution in [2.75, 3.05) is 6.61 Å². The first kappa shape index (κ1) is 10.4. The average Bonchev–Trinajstić information content (AvgIpc) is 2.20. The van der Waals surface area contributed by atoms with Gasteiger partial charge in [0.25, 0.3) is 0 Å². The Morgan fingerprint density at radius 2 is 2.07 bits per heavy atom. The average molecular weight is 192 g/mol. The zero-order valence-electron chi connectivity index (χ0n) is 8.22. The molecule has 0 saturated carbocycles. The molecule has 1 aromatic rings. The lowest BCUT2D eigenvalue weighted by atomic mass is 10.4. The lowest BCUT2D eigenvalue weighted by molar-refractivity contribution is -0.568. The van der Waals surface area contributed by atoms with E-state index in [1.54, 1.807) is 13.0 Å². The fourth-order valence-electron chi connectivity index (χ4n) is 1.00. The van der Waals surface area contributed by atoms with Crippen molar-refractivity contribution in [1.29, 1.82) is 0 Å². The molecule has 1 aromatic heterocycles. The van der Waals surface area contributed by atoms with E-state index in [2.05, 4.69) is 0 Å². The number of esters is 1. The number of carbonyl (C=O) groups is 1. The van der Waals surface area contributed by atoms with Gasteiger partial charge in [-0.25, -0.2) is 0 Å². The van der Waals surface area contributed by atoms with Crippen LogP contribution in [0.25, 0.3) is 6.20 Å². The minimum atomic E-state index is -0.194. The predicted molar refractivity (Wildman–Crippen MR) is 53.2 cm³/mol. The summed E-state index contributed by atoms with van der Waals surface area (Å²) >= 11 is 0. The van der Waals surface area contributed by atoms with E-state index in [-0.39, 0.29) is 5.97 Å². The summed E-state index contributed by atoms with van der Waals surface area (Å²) in [6, 6.07) is 5.79. The topological polar surface area (TPSA) is 30.2 Å². The van der Waals surface area contributed by atoms with E-state index in [0.717, 1.165) is 0 Å². The van der Waals surface area contributed by atoms with E-state index in [0.29, 0.717) is 13.0 Å². The van der Waals surface area contributed by atoms with Crippen LogP contribution in [0, 0.1) is 0 Å². The molecular formula is C11H14NO2+. The monoisotopic (exact) mass is 192 g/mol. The Morgan fingerprint density at radius 1 is 1.36 bits per heavy atom. The van der Waals surface area contributed by atoms with Gasteiger partial charge in [-0.1, -0.05) is 6.07 Å². The quantitative estimate of drug-likeness (QED) is 0.533.